The first-order valence-electron chi connectivity index (χ1n) is 6.92. The number of carbonyl (C=O) groups excluding carboxylic acids is 1. The number of thiazole rings is 1. The molecule has 0 bridgehead atoms. The highest BCUT2D eigenvalue weighted by Gasteiger charge is 2.27. The second kappa shape index (κ2) is 5.66. The second-order valence-corrected chi connectivity index (χ2v) is 6.48. The van der Waals surface area contributed by atoms with Crippen LogP contribution in [0.3, 0.4) is 0 Å². The molecule has 0 spiro atoms. The fourth-order valence-electron chi connectivity index (χ4n) is 2.65. The van der Waals surface area contributed by atoms with E-state index in [0.29, 0.717) is 11.3 Å². The van der Waals surface area contributed by atoms with E-state index in [2.05, 4.69) is 16.4 Å². The van der Waals surface area contributed by atoms with E-state index in [1.165, 1.54) is 4.88 Å². The lowest BCUT2D eigenvalue weighted by molar-refractivity contribution is -0.120. The Kier molecular flexibility index (Phi) is 3.72. The van der Waals surface area contributed by atoms with Crippen LogP contribution in [0.4, 0.5) is 5.69 Å². The fourth-order valence-corrected chi connectivity index (χ4v) is 3.71. The molecular formula is C16H15N3OS. The molecule has 1 amide bonds. The molecule has 1 N–H and O–H groups in total. The Morgan fingerprint density at radius 1 is 1.48 bits per heavy atom. The molecule has 1 unspecified atom stereocenters. The zero-order valence-electron chi connectivity index (χ0n) is 11.7. The number of hydrogen-bond acceptors (Lipinski definition) is 4. The Hall–Kier alpha value is -2.19. The summed E-state index contributed by atoms with van der Waals surface area (Å²) < 4.78 is 0. The summed E-state index contributed by atoms with van der Waals surface area (Å²) in [7, 11) is 0. The summed E-state index contributed by atoms with van der Waals surface area (Å²) >= 11 is 1.68. The number of para-hydroxylation sites is 1. The lowest BCUT2D eigenvalue weighted by Crippen LogP contribution is -2.28. The number of amides is 1. The van der Waals surface area contributed by atoms with Gasteiger partial charge in [0.25, 0.3) is 0 Å². The number of carbonyl (C=O) groups is 1. The Bertz CT molecular complexity index is 729. The minimum atomic E-state index is -0.0379. The molecule has 3 rings (SSSR count). The topological polar surface area (TPSA) is 65.8 Å². The molecule has 21 heavy (non-hydrogen) atoms. The quantitative estimate of drug-likeness (QED) is 0.926. The summed E-state index contributed by atoms with van der Waals surface area (Å²) in [5, 5.41) is 13.0. The number of nitrogens with zero attached hydrogens (tertiary/aromatic N) is 2. The van der Waals surface area contributed by atoms with Gasteiger partial charge in [-0.2, -0.15) is 5.26 Å². The SMILES string of the molecule is Cc1nc2c(s1)CC(C(=O)Nc1ccccc1C#N)CC2. The summed E-state index contributed by atoms with van der Waals surface area (Å²) in [6.07, 6.45) is 2.43. The normalized spacial score (nSPS) is 16.9. The van der Waals surface area contributed by atoms with Crippen molar-refractivity contribution >= 4 is 22.9 Å². The van der Waals surface area contributed by atoms with E-state index in [1.807, 2.05) is 13.0 Å². The fraction of sp³-hybridized carbons (Fsp3) is 0.312. The smallest absolute Gasteiger partial charge is 0.227 e. The van der Waals surface area contributed by atoms with Crippen molar-refractivity contribution in [2.75, 3.05) is 5.32 Å². The van der Waals surface area contributed by atoms with E-state index in [1.54, 1.807) is 29.5 Å². The number of fused-ring (bicyclic) bond motifs is 1. The van der Waals surface area contributed by atoms with Crippen LogP contribution in [0, 0.1) is 24.2 Å². The average molecular weight is 297 g/mol. The summed E-state index contributed by atoms with van der Waals surface area (Å²) in [5.74, 6) is -0.0431. The van der Waals surface area contributed by atoms with Crippen LogP contribution < -0.4 is 5.32 Å². The van der Waals surface area contributed by atoms with Gasteiger partial charge in [-0.15, -0.1) is 11.3 Å². The van der Waals surface area contributed by atoms with Gasteiger partial charge >= 0.3 is 0 Å². The average Bonchev–Trinajstić information content (AvgIpc) is 2.86. The largest absolute Gasteiger partial charge is 0.325 e. The van der Waals surface area contributed by atoms with Crippen molar-refractivity contribution in [2.24, 2.45) is 5.92 Å². The minimum absolute atomic E-state index is 0.00518. The van der Waals surface area contributed by atoms with Gasteiger partial charge in [-0.3, -0.25) is 4.79 Å². The molecule has 0 aliphatic heterocycles. The van der Waals surface area contributed by atoms with Gasteiger partial charge < -0.3 is 5.32 Å². The lowest BCUT2D eigenvalue weighted by Gasteiger charge is -2.20. The van der Waals surface area contributed by atoms with Gasteiger partial charge in [0.2, 0.25) is 5.91 Å². The predicted molar refractivity (Wildman–Crippen MR) is 82.2 cm³/mol. The third-order valence-corrected chi connectivity index (χ3v) is 4.76. The van der Waals surface area contributed by atoms with Crippen LogP contribution in [0.1, 0.15) is 27.6 Å². The highest BCUT2D eigenvalue weighted by molar-refractivity contribution is 7.11. The third-order valence-electron chi connectivity index (χ3n) is 3.72. The first-order valence-corrected chi connectivity index (χ1v) is 7.74. The Labute approximate surface area is 127 Å². The van der Waals surface area contributed by atoms with Crippen LogP contribution in [0.15, 0.2) is 24.3 Å². The second-order valence-electron chi connectivity index (χ2n) is 5.19. The van der Waals surface area contributed by atoms with Gasteiger partial charge in [0.05, 0.1) is 22.0 Å². The van der Waals surface area contributed by atoms with Gasteiger partial charge in [0.1, 0.15) is 6.07 Å². The van der Waals surface area contributed by atoms with Crippen LogP contribution >= 0.6 is 11.3 Å². The molecule has 1 atom stereocenters. The molecule has 1 aromatic carbocycles. The predicted octanol–water partition coefficient (Wildman–Crippen LogP) is 3.07. The van der Waals surface area contributed by atoms with Crippen molar-refractivity contribution in [1.82, 2.24) is 4.98 Å². The molecule has 1 aromatic heterocycles. The van der Waals surface area contributed by atoms with E-state index in [9.17, 15) is 4.79 Å². The summed E-state index contributed by atoms with van der Waals surface area (Å²) in [4.78, 5) is 18.1. The monoisotopic (exact) mass is 297 g/mol. The maximum atomic E-state index is 12.4. The lowest BCUT2D eigenvalue weighted by atomic mass is 9.90. The zero-order chi connectivity index (χ0) is 14.8. The van der Waals surface area contributed by atoms with Crippen molar-refractivity contribution in [2.45, 2.75) is 26.2 Å². The number of aromatic nitrogens is 1. The maximum Gasteiger partial charge on any atom is 0.227 e. The Morgan fingerprint density at radius 3 is 3.10 bits per heavy atom. The number of nitrogens with one attached hydrogen (secondary N) is 1. The number of nitriles is 1. The van der Waals surface area contributed by atoms with E-state index in [4.69, 9.17) is 5.26 Å². The van der Waals surface area contributed by atoms with Crippen molar-refractivity contribution < 1.29 is 4.79 Å². The number of anilines is 1. The molecule has 1 aliphatic carbocycles. The zero-order valence-corrected chi connectivity index (χ0v) is 12.5. The van der Waals surface area contributed by atoms with Crippen molar-refractivity contribution in [3.63, 3.8) is 0 Å². The highest BCUT2D eigenvalue weighted by atomic mass is 32.1. The number of benzene rings is 1. The number of rotatable bonds is 2. The first-order chi connectivity index (χ1) is 10.2. The van der Waals surface area contributed by atoms with Crippen LogP contribution in [0.5, 0.6) is 0 Å². The molecule has 2 aromatic rings. The summed E-state index contributed by atoms with van der Waals surface area (Å²) in [5.41, 5.74) is 2.24. The molecule has 5 heteroatoms. The molecule has 0 radical (unpaired) electrons. The van der Waals surface area contributed by atoms with Crippen molar-refractivity contribution in [3.8, 4) is 6.07 Å². The van der Waals surface area contributed by atoms with Crippen LogP contribution in [0.2, 0.25) is 0 Å². The van der Waals surface area contributed by atoms with Crippen molar-refractivity contribution in [1.29, 1.82) is 5.26 Å². The Balaban J connectivity index is 1.74. The van der Waals surface area contributed by atoms with Gasteiger partial charge in [-0.25, -0.2) is 4.98 Å². The number of aryl methyl sites for hydroxylation is 2. The van der Waals surface area contributed by atoms with Crippen molar-refractivity contribution in [3.05, 3.63) is 45.4 Å². The maximum absolute atomic E-state index is 12.4. The summed E-state index contributed by atoms with van der Waals surface area (Å²) in [6, 6.07) is 9.19. The van der Waals surface area contributed by atoms with Crippen LogP contribution in [-0.2, 0) is 17.6 Å². The van der Waals surface area contributed by atoms with E-state index in [0.717, 1.165) is 30.0 Å². The number of hydrogen-bond donors (Lipinski definition) is 1. The van der Waals surface area contributed by atoms with Gasteiger partial charge in [-0.1, -0.05) is 12.1 Å². The van der Waals surface area contributed by atoms with Crippen LogP contribution in [0.25, 0.3) is 0 Å². The molecule has 4 nitrogen and oxygen atoms in total. The first kappa shape index (κ1) is 13.8. The molecule has 1 heterocycles. The standard InChI is InChI=1S/C16H15N3OS/c1-10-18-14-7-6-11(8-15(14)21-10)16(20)19-13-5-3-2-4-12(13)9-17/h2-5,11H,6-8H2,1H3,(H,19,20). The molecular weight excluding hydrogens is 282 g/mol. The van der Waals surface area contributed by atoms with E-state index in [-0.39, 0.29) is 11.8 Å². The summed E-state index contributed by atoms with van der Waals surface area (Å²) in [6.45, 7) is 2.00. The highest BCUT2D eigenvalue weighted by Crippen LogP contribution is 2.30. The molecule has 0 saturated carbocycles. The Morgan fingerprint density at radius 2 is 2.29 bits per heavy atom. The molecule has 1 aliphatic rings. The molecule has 0 fully saturated rings. The van der Waals surface area contributed by atoms with Gasteiger partial charge in [0, 0.05) is 10.8 Å². The molecule has 106 valence electrons. The van der Waals surface area contributed by atoms with Crippen LogP contribution in [-0.4, -0.2) is 10.9 Å². The minimum Gasteiger partial charge on any atom is -0.325 e. The van der Waals surface area contributed by atoms with E-state index >= 15 is 0 Å². The third kappa shape index (κ3) is 2.81. The molecule has 0 saturated heterocycles. The van der Waals surface area contributed by atoms with Gasteiger partial charge in [-0.05, 0) is 38.3 Å². The van der Waals surface area contributed by atoms with E-state index < -0.39 is 0 Å². The van der Waals surface area contributed by atoms with Gasteiger partial charge in [0.15, 0.2) is 0 Å².